The number of rotatable bonds is 6. The van der Waals surface area contributed by atoms with Crippen LogP contribution in [0.15, 0.2) is 0 Å². The number of ether oxygens (including phenoxy) is 1. The normalized spacial score (nSPS) is 28.3. The highest BCUT2D eigenvalue weighted by Gasteiger charge is 2.42. The molecule has 0 bridgehead atoms. The van der Waals surface area contributed by atoms with Gasteiger partial charge in [0.25, 0.3) is 0 Å². The molecule has 1 heterocycles. The summed E-state index contributed by atoms with van der Waals surface area (Å²) in [4.78, 5) is 0. The van der Waals surface area contributed by atoms with E-state index < -0.39 is 0 Å². The van der Waals surface area contributed by atoms with E-state index in [-0.39, 0.29) is 0 Å². The van der Waals surface area contributed by atoms with Crippen molar-refractivity contribution in [1.82, 2.24) is 5.32 Å². The van der Waals surface area contributed by atoms with Crippen molar-refractivity contribution in [2.75, 3.05) is 13.1 Å². The zero-order valence-electron chi connectivity index (χ0n) is 12.5. The summed E-state index contributed by atoms with van der Waals surface area (Å²) in [6.45, 7) is 9.13. The van der Waals surface area contributed by atoms with Crippen LogP contribution < -0.4 is 5.32 Å². The van der Waals surface area contributed by atoms with Crippen molar-refractivity contribution in [3.05, 3.63) is 0 Å². The first kappa shape index (κ1) is 14.3. The minimum Gasteiger partial charge on any atom is -0.372 e. The maximum atomic E-state index is 6.44. The highest BCUT2D eigenvalue weighted by molar-refractivity contribution is 4.93. The Kier molecular flexibility index (Phi) is 5.08. The van der Waals surface area contributed by atoms with Crippen LogP contribution in [0.25, 0.3) is 0 Å². The van der Waals surface area contributed by atoms with E-state index in [1.54, 1.807) is 0 Å². The van der Waals surface area contributed by atoms with Crippen LogP contribution in [0.1, 0.15) is 65.7 Å². The van der Waals surface area contributed by atoms with E-state index in [4.69, 9.17) is 4.74 Å². The van der Waals surface area contributed by atoms with Gasteiger partial charge in [0.15, 0.2) is 0 Å². The third kappa shape index (κ3) is 3.48. The quantitative estimate of drug-likeness (QED) is 0.778. The van der Waals surface area contributed by atoms with Crippen molar-refractivity contribution < 1.29 is 4.74 Å². The van der Waals surface area contributed by atoms with E-state index >= 15 is 0 Å². The predicted octanol–water partition coefficient (Wildman–Crippen LogP) is 3.75. The van der Waals surface area contributed by atoms with Gasteiger partial charge in [0, 0.05) is 0 Å². The summed E-state index contributed by atoms with van der Waals surface area (Å²) in [6.07, 6.45) is 9.83. The Hall–Kier alpha value is -0.0800. The largest absolute Gasteiger partial charge is 0.372 e. The van der Waals surface area contributed by atoms with E-state index in [9.17, 15) is 0 Å². The Labute approximate surface area is 113 Å². The smallest absolute Gasteiger partial charge is 0.0687 e. The van der Waals surface area contributed by atoms with E-state index in [1.165, 1.54) is 44.9 Å². The highest BCUT2D eigenvalue weighted by Crippen LogP contribution is 2.44. The molecule has 2 heteroatoms. The maximum absolute atomic E-state index is 6.44. The molecule has 1 spiro atoms. The molecule has 106 valence electrons. The van der Waals surface area contributed by atoms with Gasteiger partial charge in [-0.1, -0.05) is 33.6 Å². The summed E-state index contributed by atoms with van der Waals surface area (Å²) in [6, 6.07) is 0. The van der Waals surface area contributed by atoms with Crippen LogP contribution in [0.4, 0.5) is 0 Å². The molecule has 1 aliphatic heterocycles. The molecule has 2 rings (SSSR count). The fourth-order valence-corrected chi connectivity index (χ4v) is 3.71. The van der Waals surface area contributed by atoms with Gasteiger partial charge in [-0.25, -0.2) is 0 Å². The molecular formula is C16H31NO. The highest BCUT2D eigenvalue weighted by atomic mass is 16.5. The van der Waals surface area contributed by atoms with Gasteiger partial charge in [0.1, 0.15) is 0 Å². The van der Waals surface area contributed by atoms with Crippen LogP contribution in [0.5, 0.6) is 0 Å². The fourth-order valence-electron chi connectivity index (χ4n) is 3.71. The Balaban J connectivity index is 1.81. The van der Waals surface area contributed by atoms with Crippen molar-refractivity contribution >= 4 is 0 Å². The molecule has 1 N–H and O–H groups in total. The van der Waals surface area contributed by atoms with E-state index in [0.717, 1.165) is 24.9 Å². The molecule has 0 aromatic carbocycles. The number of nitrogens with one attached hydrogen (secondary N) is 1. The molecule has 2 aliphatic rings. The lowest BCUT2D eigenvalue weighted by atomic mass is 9.89. The van der Waals surface area contributed by atoms with Gasteiger partial charge in [0.2, 0.25) is 0 Å². The SMILES string of the molecule is CCNCC(CC1CCC2(CCCC2)O1)C(C)C. The van der Waals surface area contributed by atoms with Gasteiger partial charge in [0.05, 0.1) is 11.7 Å². The summed E-state index contributed by atoms with van der Waals surface area (Å²) < 4.78 is 6.44. The maximum Gasteiger partial charge on any atom is 0.0687 e. The molecule has 0 amide bonds. The zero-order chi connectivity index (χ0) is 13.0. The average molecular weight is 253 g/mol. The molecule has 1 aliphatic carbocycles. The second kappa shape index (κ2) is 6.38. The van der Waals surface area contributed by atoms with Gasteiger partial charge < -0.3 is 10.1 Å². The lowest BCUT2D eigenvalue weighted by Crippen LogP contribution is -2.31. The first-order valence-electron chi connectivity index (χ1n) is 8.04. The van der Waals surface area contributed by atoms with Gasteiger partial charge >= 0.3 is 0 Å². The zero-order valence-corrected chi connectivity index (χ0v) is 12.5. The molecule has 0 aromatic rings. The monoisotopic (exact) mass is 253 g/mol. The summed E-state index contributed by atoms with van der Waals surface area (Å²) in [5.41, 5.74) is 0.310. The standard InChI is InChI=1S/C16H31NO/c1-4-17-12-14(13(2)3)11-15-7-10-16(18-15)8-5-6-9-16/h13-15,17H,4-12H2,1-3H3. The lowest BCUT2D eigenvalue weighted by molar-refractivity contribution is -0.0462. The third-order valence-corrected chi connectivity index (χ3v) is 5.02. The minimum absolute atomic E-state index is 0.310. The van der Waals surface area contributed by atoms with Crippen LogP contribution in [-0.2, 0) is 4.74 Å². The third-order valence-electron chi connectivity index (χ3n) is 5.02. The Morgan fingerprint density at radius 1 is 1.22 bits per heavy atom. The molecule has 1 saturated heterocycles. The molecule has 2 nitrogen and oxygen atoms in total. The molecule has 2 unspecified atom stereocenters. The first-order valence-corrected chi connectivity index (χ1v) is 8.04. The van der Waals surface area contributed by atoms with E-state index in [2.05, 4.69) is 26.1 Å². The molecular weight excluding hydrogens is 222 g/mol. The second-order valence-electron chi connectivity index (χ2n) is 6.72. The summed E-state index contributed by atoms with van der Waals surface area (Å²) >= 11 is 0. The van der Waals surface area contributed by atoms with E-state index in [1.807, 2.05) is 0 Å². The van der Waals surface area contributed by atoms with Gasteiger partial charge in [-0.2, -0.15) is 0 Å². The van der Waals surface area contributed by atoms with Crippen LogP contribution in [-0.4, -0.2) is 24.8 Å². The van der Waals surface area contributed by atoms with Crippen molar-refractivity contribution in [3.8, 4) is 0 Å². The van der Waals surface area contributed by atoms with Crippen LogP contribution in [0.2, 0.25) is 0 Å². The van der Waals surface area contributed by atoms with Gasteiger partial charge in [-0.3, -0.25) is 0 Å². The molecule has 1 saturated carbocycles. The first-order chi connectivity index (χ1) is 8.65. The van der Waals surface area contributed by atoms with Crippen LogP contribution >= 0.6 is 0 Å². The number of hydrogen-bond acceptors (Lipinski definition) is 2. The number of hydrogen-bond donors (Lipinski definition) is 1. The Morgan fingerprint density at radius 3 is 2.56 bits per heavy atom. The Bertz CT molecular complexity index is 245. The van der Waals surface area contributed by atoms with Crippen LogP contribution in [0.3, 0.4) is 0 Å². The van der Waals surface area contributed by atoms with Crippen molar-refractivity contribution in [2.45, 2.75) is 77.4 Å². The molecule has 0 radical (unpaired) electrons. The predicted molar refractivity (Wildman–Crippen MR) is 76.8 cm³/mol. The topological polar surface area (TPSA) is 21.3 Å². The summed E-state index contributed by atoms with van der Waals surface area (Å²) in [7, 11) is 0. The van der Waals surface area contributed by atoms with Gasteiger partial charge in [-0.15, -0.1) is 0 Å². The molecule has 2 atom stereocenters. The fraction of sp³-hybridized carbons (Fsp3) is 1.00. The average Bonchev–Trinajstić information content (AvgIpc) is 2.95. The molecule has 0 aromatic heterocycles. The summed E-state index contributed by atoms with van der Waals surface area (Å²) in [5.74, 6) is 1.53. The molecule has 18 heavy (non-hydrogen) atoms. The molecule has 2 fully saturated rings. The van der Waals surface area contributed by atoms with Crippen molar-refractivity contribution in [1.29, 1.82) is 0 Å². The van der Waals surface area contributed by atoms with E-state index in [0.29, 0.717) is 11.7 Å². The van der Waals surface area contributed by atoms with Gasteiger partial charge in [-0.05, 0) is 57.0 Å². The Morgan fingerprint density at radius 2 is 1.94 bits per heavy atom. The minimum atomic E-state index is 0.310. The van der Waals surface area contributed by atoms with Crippen LogP contribution in [0, 0.1) is 11.8 Å². The van der Waals surface area contributed by atoms with Crippen molar-refractivity contribution in [3.63, 3.8) is 0 Å². The van der Waals surface area contributed by atoms with Crippen molar-refractivity contribution in [2.24, 2.45) is 11.8 Å². The second-order valence-corrected chi connectivity index (χ2v) is 6.72. The lowest BCUT2D eigenvalue weighted by Gasteiger charge is -2.27. The summed E-state index contributed by atoms with van der Waals surface area (Å²) in [5, 5.41) is 3.51.